The SMILES string of the molecule is CC(C)(CCO)NC(=O)Nc1cccc(OCc2cccc(F)c2)c1. The molecule has 2 rings (SSSR count). The number of aliphatic hydroxyl groups is 1. The summed E-state index contributed by atoms with van der Waals surface area (Å²) in [4.78, 5) is 12.0. The molecule has 0 aliphatic heterocycles. The van der Waals surface area contributed by atoms with Crippen molar-refractivity contribution in [2.45, 2.75) is 32.4 Å². The van der Waals surface area contributed by atoms with Crippen LogP contribution in [0.4, 0.5) is 14.9 Å². The van der Waals surface area contributed by atoms with Crippen LogP contribution < -0.4 is 15.4 Å². The van der Waals surface area contributed by atoms with E-state index in [0.717, 1.165) is 5.56 Å². The Kier molecular flexibility index (Phi) is 6.36. The van der Waals surface area contributed by atoms with E-state index in [4.69, 9.17) is 9.84 Å². The Balaban J connectivity index is 1.93. The first-order chi connectivity index (χ1) is 11.9. The molecule has 2 amide bonds. The highest BCUT2D eigenvalue weighted by Gasteiger charge is 2.19. The largest absolute Gasteiger partial charge is 0.489 e. The summed E-state index contributed by atoms with van der Waals surface area (Å²) in [6, 6.07) is 12.8. The van der Waals surface area contributed by atoms with Gasteiger partial charge in [-0.25, -0.2) is 9.18 Å². The van der Waals surface area contributed by atoms with Gasteiger partial charge in [-0.15, -0.1) is 0 Å². The van der Waals surface area contributed by atoms with E-state index in [1.165, 1.54) is 12.1 Å². The van der Waals surface area contributed by atoms with E-state index in [9.17, 15) is 9.18 Å². The van der Waals surface area contributed by atoms with E-state index in [1.807, 2.05) is 13.8 Å². The number of aliphatic hydroxyl groups excluding tert-OH is 1. The van der Waals surface area contributed by atoms with Gasteiger partial charge in [0.2, 0.25) is 0 Å². The number of urea groups is 1. The third-order valence-corrected chi connectivity index (χ3v) is 3.58. The number of anilines is 1. The van der Waals surface area contributed by atoms with Crippen LogP contribution in [0.15, 0.2) is 48.5 Å². The van der Waals surface area contributed by atoms with Gasteiger partial charge in [0.25, 0.3) is 0 Å². The molecule has 25 heavy (non-hydrogen) atoms. The molecule has 5 nitrogen and oxygen atoms in total. The van der Waals surface area contributed by atoms with Crippen LogP contribution in [-0.4, -0.2) is 23.3 Å². The van der Waals surface area contributed by atoms with Gasteiger partial charge in [0.15, 0.2) is 0 Å². The van der Waals surface area contributed by atoms with Gasteiger partial charge in [-0.1, -0.05) is 18.2 Å². The monoisotopic (exact) mass is 346 g/mol. The number of hydrogen-bond donors (Lipinski definition) is 3. The number of ether oxygens (including phenoxy) is 1. The first-order valence-corrected chi connectivity index (χ1v) is 8.05. The van der Waals surface area contributed by atoms with Crippen LogP contribution in [0.2, 0.25) is 0 Å². The molecule has 0 saturated heterocycles. The molecule has 3 N–H and O–H groups in total. The number of rotatable bonds is 7. The number of benzene rings is 2. The van der Waals surface area contributed by atoms with Crippen molar-refractivity contribution >= 4 is 11.7 Å². The Labute approximate surface area is 146 Å². The van der Waals surface area contributed by atoms with Gasteiger partial charge >= 0.3 is 6.03 Å². The van der Waals surface area contributed by atoms with Gasteiger partial charge in [0.05, 0.1) is 0 Å². The average molecular weight is 346 g/mol. The summed E-state index contributed by atoms with van der Waals surface area (Å²) in [5.41, 5.74) is 0.792. The predicted molar refractivity (Wildman–Crippen MR) is 95.1 cm³/mol. The smallest absolute Gasteiger partial charge is 0.319 e. The lowest BCUT2D eigenvalue weighted by Gasteiger charge is -2.25. The Hall–Kier alpha value is -2.60. The summed E-state index contributed by atoms with van der Waals surface area (Å²) in [6.45, 7) is 3.90. The first-order valence-electron chi connectivity index (χ1n) is 8.05. The quantitative estimate of drug-likeness (QED) is 0.716. The van der Waals surface area contributed by atoms with Gasteiger partial charge in [-0.2, -0.15) is 0 Å². The molecular weight excluding hydrogens is 323 g/mol. The molecule has 0 heterocycles. The standard InChI is InChI=1S/C19H23FN2O3/c1-19(2,9-10-23)22-18(24)21-16-7-4-8-17(12-16)25-13-14-5-3-6-15(20)11-14/h3-8,11-12,23H,9-10,13H2,1-2H3,(H2,21,22,24). The number of amides is 2. The van der Waals surface area contributed by atoms with Crippen LogP contribution in [-0.2, 0) is 6.61 Å². The molecule has 6 heteroatoms. The predicted octanol–water partition coefficient (Wildman–Crippen LogP) is 3.69. The van der Waals surface area contributed by atoms with E-state index in [0.29, 0.717) is 17.9 Å². The molecule has 0 radical (unpaired) electrons. The fraction of sp³-hybridized carbons (Fsp3) is 0.316. The molecule has 2 aromatic carbocycles. The van der Waals surface area contributed by atoms with E-state index >= 15 is 0 Å². The minimum atomic E-state index is -0.510. The Morgan fingerprint density at radius 2 is 1.96 bits per heavy atom. The third-order valence-electron chi connectivity index (χ3n) is 3.58. The molecule has 0 saturated carbocycles. The van der Waals surface area contributed by atoms with Crippen molar-refractivity contribution in [1.82, 2.24) is 5.32 Å². The number of halogens is 1. The van der Waals surface area contributed by atoms with Crippen LogP contribution in [0, 0.1) is 5.82 Å². The van der Waals surface area contributed by atoms with E-state index in [2.05, 4.69) is 10.6 Å². The molecule has 0 unspecified atom stereocenters. The normalized spacial score (nSPS) is 11.0. The van der Waals surface area contributed by atoms with E-state index in [-0.39, 0.29) is 25.1 Å². The zero-order chi connectivity index (χ0) is 18.3. The second-order valence-corrected chi connectivity index (χ2v) is 6.38. The summed E-state index contributed by atoms with van der Waals surface area (Å²) in [5, 5.41) is 14.5. The van der Waals surface area contributed by atoms with Crippen molar-refractivity contribution in [3.8, 4) is 5.75 Å². The highest BCUT2D eigenvalue weighted by Crippen LogP contribution is 2.19. The van der Waals surface area contributed by atoms with E-state index < -0.39 is 5.54 Å². The lowest BCUT2D eigenvalue weighted by atomic mass is 10.0. The molecule has 0 bridgehead atoms. The van der Waals surface area contributed by atoms with Gasteiger partial charge in [0, 0.05) is 23.9 Å². The zero-order valence-electron chi connectivity index (χ0n) is 14.4. The molecule has 0 aliphatic rings. The van der Waals surface area contributed by atoms with Crippen LogP contribution in [0.5, 0.6) is 5.75 Å². The Morgan fingerprint density at radius 1 is 1.20 bits per heavy atom. The topological polar surface area (TPSA) is 70.6 Å². The zero-order valence-corrected chi connectivity index (χ0v) is 14.4. The van der Waals surface area contributed by atoms with Crippen LogP contribution in [0.1, 0.15) is 25.8 Å². The summed E-state index contributed by atoms with van der Waals surface area (Å²) in [7, 11) is 0. The summed E-state index contributed by atoms with van der Waals surface area (Å²) in [6.07, 6.45) is 0.456. The molecule has 2 aromatic rings. The van der Waals surface area contributed by atoms with Crippen molar-refractivity contribution in [3.05, 3.63) is 59.9 Å². The number of carbonyl (C=O) groups excluding carboxylic acids is 1. The maximum absolute atomic E-state index is 13.2. The fourth-order valence-corrected chi connectivity index (χ4v) is 2.27. The van der Waals surface area contributed by atoms with Gasteiger partial charge in [-0.3, -0.25) is 0 Å². The summed E-state index contributed by atoms with van der Waals surface area (Å²) >= 11 is 0. The van der Waals surface area contributed by atoms with Gasteiger partial charge in [-0.05, 0) is 50.1 Å². The van der Waals surface area contributed by atoms with Crippen LogP contribution in [0.25, 0.3) is 0 Å². The molecule has 0 aromatic heterocycles. The van der Waals surface area contributed by atoms with Crippen LogP contribution >= 0.6 is 0 Å². The van der Waals surface area contributed by atoms with Crippen molar-refractivity contribution < 1.29 is 19.0 Å². The van der Waals surface area contributed by atoms with Crippen LogP contribution in [0.3, 0.4) is 0 Å². The highest BCUT2D eigenvalue weighted by molar-refractivity contribution is 5.89. The molecule has 0 aliphatic carbocycles. The highest BCUT2D eigenvalue weighted by atomic mass is 19.1. The number of carbonyl (C=O) groups is 1. The summed E-state index contributed by atoms with van der Waals surface area (Å²) in [5.74, 6) is 0.260. The summed E-state index contributed by atoms with van der Waals surface area (Å²) < 4.78 is 18.8. The molecule has 0 fully saturated rings. The molecular formula is C19H23FN2O3. The molecule has 0 spiro atoms. The lowest BCUT2D eigenvalue weighted by molar-refractivity contribution is 0.218. The second-order valence-electron chi connectivity index (χ2n) is 6.38. The maximum atomic E-state index is 13.2. The Bertz CT molecular complexity index is 719. The Morgan fingerprint density at radius 3 is 2.68 bits per heavy atom. The number of nitrogens with one attached hydrogen (secondary N) is 2. The van der Waals surface area contributed by atoms with Gasteiger partial charge in [0.1, 0.15) is 18.2 Å². The minimum absolute atomic E-state index is 0.00329. The molecule has 134 valence electrons. The lowest BCUT2D eigenvalue weighted by Crippen LogP contribution is -2.46. The van der Waals surface area contributed by atoms with Crippen molar-refractivity contribution in [1.29, 1.82) is 0 Å². The minimum Gasteiger partial charge on any atom is -0.489 e. The van der Waals surface area contributed by atoms with E-state index in [1.54, 1.807) is 36.4 Å². The average Bonchev–Trinajstić information content (AvgIpc) is 2.52. The van der Waals surface area contributed by atoms with Crippen molar-refractivity contribution in [2.75, 3.05) is 11.9 Å². The fourth-order valence-electron chi connectivity index (χ4n) is 2.27. The number of hydrogen-bond acceptors (Lipinski definition) is 3. The second kappa shape index (κ2) is 8.48. The van der Waals surface area contributed by atoms with Crippen molar-refractivity contribution in [2.24, 2.45) is 0 Å². The first kappa shape index (κ1) is 18.7. The third kappa shape index (κ3) is 6.43. The van der Waals surface area contributed by atoms with Crippen molar-refractivity contribution in [3.63, 3.8) is 0 Å². The molecule has 0 atom stereocenters. The maximum Gasteiger partial charge on any atom is 0.319 e. The van der Waals surface area contributed by atoms with Gasteiger partial charge < -0.3 is 20.5 Å².